The highest BCUT2D eigenvalue weighted by molar-refractivity contribution is 5.12. The van der Waals surface area contributed by atoms with Gasteiger partial charge in [0.2, 0.25) is 0 Å². The summed E-state index contributed by atoms with van der Waals surface area (Å²) in [6, 6.07) is 2.06. The lowest BCUT2D eigenvalue weighted by Crippen LogP contribution is -2.27. The van der Waals surface area contributed by atoms with Gasteiger partial charge in [0.15, 0.2) is 0 Å². The second-order valence-electron chi connectivity index (χ2n) is 3.53. The Morgan fingerprint density at radius 2 is 2.15 bits per heavy atom. The predicted octanol–water partition coefficient (Wildman–Crippen LogP) is 1.71. The van der Waals surface area contributed by atoms with Crippen molar-refractivity contribution in [1.82, 2.24) is 0 Å². The summed E-state index contributed by atoms with van der Waals surface area (Å²) in [6.45, 7) is 1.69. The summed E-state index contributed by atoms with van der Waals surface area (Å²) >= 11 is 0. The highest BCUT2D eigenvalue weighted by atomic mass is 16.5. The van der Waals surface area contributed by atoms with E-state index in [1.807, 2.05) is 6.07 Å². The van der Waals surface area contributed by atoms with Crippen LogP contribution in [0.25, 0.3) is 0 Å². The summed E-state index contributed by atoms with van der Waals surface area (Å²) < 4.78 is 10.3. The maximum atomic E-state index is 6.10. The van der Waals surface area contributed by atoms with E-state index in [1.165, 1.54) is 0 Å². The zero-order chi connectivity index (χ0) is 9.10. The largest absolute Gasteiger partial charge is 0.472 e. The molecule has 0 aromatic carbocycles. The molecule has 1 saturated heterocycles. The molecule has 0 saturated carbocycles. The van der Waals surface area contributed by atoms with Crippen LogP contribution >= 0.6 is 0 Å². The van der Waals surface area contributed by atoms with E-state index in [1.54, 1.807) is 12.5 Å². The van der Waals surface area contributed by atoms with E-state index < -0.39 is 0 Å². The fourth-order valence-corrected chi connectivity index (χ4v) is 1.81. The minimum Gasteiger partial charge on any atom is -0.472 e. The molecule has 1 fully saturated rings. The van der Waals surface area contributed by atoms with Gasteiger partial charge in [-0.05, 0) is 24.8 Å². The number of hydrogen-bond acceptors (Lipinski definition) is 3. The minimum atomic E-state index is 0.114. The van der Waals surface area contributed by atoms with E-state index in [0.29, 0.717) is 5.92 Å². The van der Waals surface area contributed by atoms with Crippen LogP contribution in [-0.4, -0.2) is 13.2 Å². The van der Waals surface area contributed by atoms with Crippen molar-refractivity contribution in [2.24, 2.45) is 11.7 Å². The standard InChI is InChI=1S/C10H15NO2/c11-10(9-3-6-13-7-9)8-1-4-12-5-2-8/h3,6-8,10H,1-2,4-5,11H2. The normalized spacial score (nSPS) is 21.6. The van der Waals surface area contributed by atoms with E-state index in [0.717, 1.165) is 31.6 Å². The van der Waals surface area contributed by atoms with Gasteiger partial charge < -0.3 is 14.9 Å². The quantitative estimate of drug-likeness (QED) is 0.755. The fourth-order valence-electron chi connectivity index (χ4n) is 1.81. The molecule has 1 unspecified atom stereocenters. The van der Waals surface area contributed by atoms with Crippen molar-refractivity contribution in [3.05, 3.63) is 24.2 Å². The molecule has 1 aromatic heterocycles. The average molecular weight is 181 g/mol. The van der Waals surface area contributed by atoms with Crippen LogP contribution in [0.2, 0.25) is 0 Å². The molecule has 3 nitrogen and oxygen atoms in total. The smallest absolute Gasteiger partial charge is 0.0950 e. The van der Waals surface area contributed by atoms with Gasteiger partial charge in [-0.1, -0.05) is 0 Å². The first kappa shape index (κ1) is 8.78. The predicted molar refractivity (Wildman–Crippen MR) is 49.2 cm³/mol. The Morgan fingerprint density at radius 3 is 2.77 bits per heavy atom. The molecule has 1 aliphatic rings. The van der Waals surface area contributed by atoms with Gasteiger partial charge in [-0.3, -0.25) is 0 Å². The third-order valence-electron chi connectivity index (χ3n) is 2.70. The molecule has 2 rings (SSSR count). The van der Waals surface area contributed by atoms with E-state index in [2.05, 4.69) is 0 Å². The number of rotatable bonds is 2. The Kier molecular flexibility index (Phi) is 2.66. The monoisotopic (exact) mass is 181 g/mol. The molecule has 13 heavy (non-hydrogen) atoms. The molecule has 72 valence electrons. The van der Waals surface area contributed by atoms with Crippen molar-refractivity contribution in [2.75, 3.05) is 13.2 Å². The Bertz CT molecular complexity index is 239. The van der Waals surface area contributed by atoms with Crippen LogP contribution in [0.15, 0.2) is 23.0 Å². The topological polar surface area (TPSA) is 48.4 Å². The summed E-state index contributed by atoms with van der Waals surface area (Å²) in [7, 11) is 0. The molecule has 0 aliphatic carbocycles. The van der Waals surface area contributed by atoms with Gasteiger partial charge in [-0.25, -0.2) is 0 Å². The summed E-state index contributed by atoms with van der Waals surface area (Å²) in [5.41, 5.74) is 7.20. The highest BCUT2D eigenvalue weighted by Crippen LogP contribution is 2.27. The molecular weight excluding hydrogens is 166 g/mol. The van der Waals surface area contributed by atoms with Crippen molar-refractivity contribution in [3.8, 4) is 0 Å². The molecule has 0 amide bonds. The minimum absolute atomic E-state index is 0.114. The molecule has 0 radical (unpaired) electrons. The Hall–Kier alpha value is -0.800. The lowest BCUT2D eigenvalue weighted by atomic mass is 9.89. The van der Waals surface area contributed by atoms with E-state index in [9.17, 15) is 0 Å². The third-order valence-corrected chi connectivity index (χ3v) is 2.70. The molecule has 0 bridgehead atoms. The molecule has 3 heteroatoms. The van der Waals surface area contributed by atoms with E-state index in [-0.39, 0.29) is 6.04 Å². The SMILES string of the molecule is NC(c1ccoc1)C1CCOCC1. The van der Waals surface area contributed by atoms with Crippen LogP contribution in [0, 0.1) is 5.92 Å². The van der Waals surface area contributed by atoms with Gasteiger partial charge in [0, 0.05) is 24.8 Å². The Balaban J connectivity index is 1.99. The van der Waals surface area contributed by atoms with Gasteiger partial charge in [-0.2, -0.15) is 0 Å². The van der Waals surface area contributed by atoms with Gasteiger partial charge in [0.25, 0.3) is 0 Å². The van der Waals surface area contributed by atoms with Crippen LogP contribution in [0.3, 0.4) is 0 Å². The van der Waals surface area contributed by atoms with Crippen LogP contribution in [0.1, 0.15) is 24.4 Å². The molecule has 1 aromatic rings. The molecular formula is C10H15NO2. The van der Waals surface area contributed by atoms with Crippen LogP contribution < -0.4 is 5.73 Å². The van der Waals surface area contributed by atoms with E-state index >= 15 is 0 Å². The number of nitrogens with two attached hydrogens (primary N) is 1. The summed E-state index contributed by atoms with van der Waals surface area (Å²) in [5.74, 6) is 0.548. The first-order valence-electron chi connectivity index (χ1n) is 4.73. The van der Waals surface area contributed by atoms with Crippen molar-refractivity contribution in [1.29, 1.82) is 0 Å². The Labute approximate surface area is 77.9 Å². The van der Waals surface area contributed by atoms with Gasteiger partial charge in [-0.15, -0.1) is 0 Å². The van der Waals surface area contributed by atoms with Gasteiger partial charge >= 0.3 is 0 Å². The molecule has 2 heterocycles. The fraction of sp³-hybridized carbons (Fsp3) is 0.600. The number of furan rings is 1. The van der Waals surface area contributed by atoms with Gasteiger partial charge in [0.1, 0.15) is 0 Å². The number of hydrogen-bond donors (Lipinski definition) is 1. The second-order valence-corrected chi connectivity index (χ2v) is 3.53. The van der Waals surface area contributed by atoms with E-state index in [4.69, 9.17) is 14.9 Å². The Morgan fingerprint density at radius 1 is 1.38 bits per heavy atom. The van der Waals surface area contributed by atoms with Gasteiger partial charge in [0.05, 0.1) is 12.5 Å². The number of ether oxygens (including phenoxy) is 1. The first-order valence-corrected chi connectivity index (χ1v) is 4.73. The van der Waals surface area contributed by atoms with Crippen LogP contribution in [0.4, 0.5) is 0 Å². The van der Waals surface area contributed by atoms with Crippen LogP contribution in [-0.2, 0) is 4.74 Å². The lowest BCUT2D eigenvalue weighted by molar-refractivity contribution is 0.0583. The zero-order valence-corrected chi connectivity index (χ0v) is 7.61. The lowest BCUT2D eigenvalue weighted by Gasteiger charge is -2.26. The summed E-state index contributed by atoms with van der Waals surface area (Å²) in [4.78, 5) is 0. The molecule has 2 N–H and O–H groups in total. The van der Waals surface area contributed by atoms with Crippen molar-refractivity contribution in [2.45, 2.75) is 18.9 Å². The van der Waals surface area contributed by atoms with Crippen LogP contribution in [0.5, 0.6) is 0 Å². The summed E-state index contributed by atoms with van der Waals surface area (Å²) in [6.07, 6.45) is 5.54. The maximum absolute atomic E-state index is 6.10. The highest BCUT2D eigenvalue weighted by Gasteiger charge is 2.22. The molecule has 1 atom stereocenters. The van der Waals surface area contributed by atoms with Crippen molar-refractivity contribution >= 4 is 0 Å². The first-order chi connectivity index (χ1) is 6.38. The zero-order valence-electron chi connectivity index (χ0n) is 7.61. The molecule has 0 spiro atoms. The second kappa shape index (κ2) is 3.94. The summed E-state index contributed by atoms with van der Waals surface area (Å²) in [5, 5.41) is 0. The molecule has 1 aliphatic heterocycles. The van der Waals surface area contributed by atoms with Crippen molar-refractivity contribution in [3.63, 3.8) is 0 Å². The van der Waals surface area contributed by atoms with Crippen molar-refractivity contribution < 1.29 is 9.15 Å². The third kappa shape index (κ3) is 1.92. The average Bonchev–Trinajstić information content (AvgIpc) is 2.71. The maximum Gasteiger partial charge on any atom is 0.0950 e.